The van der Waals surface area contributed by atoms with Crippen molar-refractivity contribution in [2.75, 3.05) is 0 Å². The molecule has 0 N–H and O–H groups in total. The monoisotopic (exact) mass is 370 g/mol. The highest BCUT2D eigenvalue weighted by atomic mass is 79.9. The van der Waals surface area contributed by atoms with Crippen LogP contribution in [0.1, 0.15) is 40.9 Å². The summed E-state index contributed by atoms with van der Waals surface area (Å²) in [4.78, 5) is 0.106. The summed E-state index contributed by atoms with van der Waals surface area (Å²) >= 11 is 15.9. The lowest BCUT2D eigenvalue weighted by Crippen LogP contribution is -1.97. The van der Waals surface area contributed by atoms with Crippen molar-refractivity contribution >= 4 is 39.1 Å². The van der Waals surface area contributed by atoms with Crippen LogP contribution in [0.15, 0.2) is 36.4 Å². The van der Waals surface area contributed by atoms with Gasteiger partial charge in [0.1, 0.15) is 0 Å². The molecule has 0 aromatic heterocycles. The van der Waals surface area contributed by atoms with Crippen molar-refractivity contribution in [2.24, 2.45) is 0 Å². The minimum Gasteiger partial charge on any atom is -0.0843 e. The van der Waals surface area contributed by atoms with Crippen LogP contribution in [0.2, 0.25) is 10.0 Å². The Hall–Kier alpha value is -0.500. The molecule has 106 valence electrons. The summed E-state index contributed by atoms with van der Waals surface area (Å²) in [6.07, 6.45) is 2.12. The first kappa shape index (κ1) is 15.9. The second-order valence-electron chi connectivity index (χ2n) is 4.80. The van der Waals surface area contributed by atoms with Gasteiger partial charge in [-0.25, -0.2) is 0 Å². The smallest absolute Gasteiger partial charge is 0.0645 e. The van der Waals surface area contributed by atoms with Crippen LogP contribution >= 0.6 is 39.1 Å². The maximum Gasteiger partial charge on any atom is 0.0645 e. The number of hydrogen-bond donors (Lipinski definition) is 0. The minimum absolute atomic E-state index is 0.106. The first-order valence-corrected chi connectivity index (χ1v) is 8.44. The lowest BCUT2D eigenvalue weighted by Gasteiger charge is -2.15. The Labute approximate surface area is 139 Å². The molecular formula is C17H17BrCl2. The van der Waals surface area contributed by atoms with Gasteiger partial charge in [-0.05, 0) is 53.3 Å². The van der Waals surface area contributed by atoms with Gasteiger partial charge >= 0.3 is 0 Å². The second kappa shape index (κ2) is 6.98. The van der Waals surface area contributed by atoms with E-state index >= 15 is 0 Å². The van der Waals surface area contributed by atoms with E-state index in [0.29, 0.717) is 10.0 Å². The van der Waals surface area contributed by atoms with Crippen LogP contribution in [0.3, 0.4) is 0 Å². The van der Waals surface area contributed by atoms with Crippen molar-refractivity contribution < 1.29 is 0 Å². The van der Waals surface area contributed by atoms with Gasteiger partial charge in [-0.1, -0.05) is 71.2 Å². The van der Waals surface area contributed by atoms with Gasteiger partial charge < -0.3 is 0 Å². The average Bonchev–Trinajstić information content (AvgIpc) is 2.44. The molecular weight excluding hydrogens is 355 g/mol. The molecule has 0 nitrogen and oxygen atoms in total. The van der Waals surface area contributed by atoms with Crippen LogP contribution in [0.4, 0.5) is 0 Å². The predicted molar refractivity (Wildman–Crippen MR) is 92.4 cm³/mol. The summed E-state index contributed by atoms with van der Waals surface area (Å²) in [6, 6.07) is 12.3. The van der Waals surface area contributed by atoms with E-state index in [2.05, 4.69) is 48.0 Å². The maximum atomic E-state index is 6.08. The summed E-state index contributed by atoms with van der Waals surface area (Å²) in [5, 5.41) is 1.33. The summed E-state index contributed by atoms with van der Waals surface area (Å²) in [6.45, 7) is 4.38. The fourth-order valence-electron chi connectivity index (χ4n) is 2.39. The molecule has 2 aromatic rings. The second-order valence-corrected chi connectivity index (χ2v) is 6.59. The molecule has 0 saturated heterocycles. The molecule has 2 rings (SSSR count). The van der Waals surface area contributed by atoms with Crippen LogP contribution < -0.4 is 0 Å². The molecule has 0 aliphatic heterocycles. The zero-order chi connectivity index (χ0) is 14.7. The number of hydrogen-bond acceptors (Lipinski definition) is 0. The summed E-state index contributed by atoms with van der Waals surface area (Å²) in [5.41, 5.74) is 5.13. The van der Waals surface area contributed by atoms with E-state index in [4.69, 9.17) is 23.2 Å². The minimum atomic E-state index is 0.106. The molecule has 1 atom stereocenters. The highest BCUT2D eigenvalue weighted by molar-refractivity contribution is 9.09. The van der Waals surface area contributed by atoms with Crippen LogP contribution in [-0.2, 0) is 12.8 Å². The van der Waals surface area contributed by atoms with Gasteiger partial charge in [-0.15, -0.1) is 0 Å². The van der Waals surface area contributed by atoms with Crippen molar-refractivity contribution in [3.8, 4) is 0 Å². The van der Waals surface area contributed by atoms with Gasteiger partial charge in [0.25, 0.3) is 0 Å². The van der Waals surface area contributed by atoms with Crippen molar-refractivity contribution in [3.05, 3.63) is 68.7 Å². The Balaban J connectivity index is 2.39. The highest BCUT2D eigenvalue weighted by Gasteiger charge is 2.13. The van der Waals surface area contributed by atoms with Crippen LogP contribution in [0.25, 0.3) is 0 Å². The van der Waals surface area contributed by atoms with E-state index in [1.807, 2.05) is 12.1 Å². The summed E-state index contributed by atoms with van der Waals surface area (Å²) in [7, 11) is 0. The number of aryl methyl sites for hydroxylation is 2. The molecule has 0 saturated carbocycles. The molecule has 0 fully saturated rings. The Bertz CT molecular complexity index is 588. The molecule has 0 aliphatic carbocycles. The topological polar surface area (TPSA) is 0 Å². The number of benzene rings is 2. The largest absolute Gasteiger partial charge is 0.0843 e. The molecule has 0 heterocycles. The Morgan fingerprint density at radius 1 is 0.850 bits per heavy atom. The van der Waals surface area contributed by atoms with Crippen LogP contribution in [-0.4, -0.2) is 0 Å². The van der Waals surface area contributed by atoms with Gasteiger partial charge in [-0.3, -0.25) is 0 Å². The summed E-state index contributed by atoms with van der Waals surface area (Å²) < 4.78 is 0. The predicted octanol–water partition coefficient (Wildman–Crippen LogP) is 6.60. The number of alkyl halides is 1. The van der Waals surface area contributed by atoms with Crippen molar-refractivity contribution in [2.45, 2.75) is 31.5 Å². The Morgan fingerprint density at radius 2 is 1.45 bits per heavy atom. The van der Waals surface area contributed by atoms with Gasteiger partial charge in [0, 0.05) is 10.0 Å². The first-order valence-electron chi connectivity index (χ1n) is 6.76. The van der Waals surface area contributed by atoms with E-state index in [-0.39, 0.29) is 4.83 Å². The molecule has 1 unspecified atom stereocenters. The highest BCUT2D eigenvalue weighted by Crippen LogP contribution is 2.35. The third kappa shape index (κ3) is 3.58. The zero-order valence-corrected chi connectivity index (χ0v) is 14.7. The fraction of sp³-hybridized carbons (Fsp3) is 0.294. The quantitative estimate of drug-likeness (QED) is 0.531. The van der Waals surface area contributed by atoms with Crippen molar-refractivity contribution in [1.82, 2.24) is 0 Å². The lowest BCUT2D eigenvalue weighted by molar-refractivity contribution is 1.02. The van der Waals surface area contributed by atoms with E-state index in [1.165, 1.54) is 16.7 Å². The molecule has 0 bridgehead atoms. The molecule has 0 amide bonds. The van der Waals surface area contributed by atoms with Gasteiger partial charge in [0.05, 0.1) is 4.83 Å². The molecule has 0 spiro atoms. The SMILES string of the molecule is CCc1ccc(C(Br)c2cc(Cl)cc(Cl)c2)cc1CC. The normalized spacial score (nSPS) is 12.4. The third-order valence-corrected chi connectivity index (χ3v) is 4.96. The number of rotatable bonds is 4. The Kier molecular flexibility index (Phi) is 5.54. The van der Waals surface area contributed by atoms with E-state index < -0.39 is 0 Å². The first-order chi connectivity index (χ1) is 9.55. The van der Waals surface area contributed by atoms with Gasteiger partial charge in [-0.2, -0.15) is 0 Å². The van der Waals surface area contributed by atoms with Gasteiger partial charge in [0.15, 0.2) is 0 Å². The van der Waals surface area contributed by atoms with E-state index in [0.717, 1.165) is 18.4 Å². The molecule has 0 radical (unpaired) electrons. The molecule has 20 heavy (non-hydrogen) atoms. The Morgan fingerprint density at radius 3 is 2.00 bits per heavy atom. The molecule has 2 aromatic carbocycles. The molecule has 3 heteroatoms. The van der Waals surface area contributed by atoms with Crippen molar-refractivity contribution in [1.29, 1.82) is 0 Å². The van der Waals surface area contributed by atoms with Crippen molar-refractivity contribution in [3.63, 3.8) is 0 Å². The summed E-state index contributed by atoms with van der Waals surface area (Å²) in [5.74, 6) is 0. The van der Waals surface area contributed by atoms with E-state index in [1.54, 1.807) is 6.07 Å². The lowest BCUT2D eigenvalue weighted by atomic mass is 9.96. The maximum absolute atomic E-state index is 6.08. The van der Waals surface area contributed by atoms with E-state index in [9.17, 15) is 0 Å². The van der Waals surface area contributed by atoms with Crippen LogP contribution in [0.5, 0.6) is 0 Å². The zero-order valence-electron chi connectivity index (χ0n) is 11.6. The van der Waals surface area contributed by atoms with Crippen LogP contribution in [0, 0.1) is 0 Å². The fourth-order valence-corrected chi connectivity index (χ4v) is 3.48. The average molecular weight is 372 g/mol. The number of halogens is 3. The third-order valence-electron chi connectivity index (χ3n) is 3.46. The van der Waals surface area contributed by atoms with Gasteiger partial charge in [0.2, 0.25) is 0 Å². The molecule has 0 aliphatic rings. The standard InChI is InChI=1S/C17H17BrCl2/c1-3-11-5-6-13(7-12(11)4-2)17(18)14-8-15(19)10-16(20)9-14/h5-10,17H,3-4H2,1-2H3.